The molecule has 2 heterocycles. The number of aromatic nitrogens is 1. The summed E-state index contributed by atoms with van der Waals surface area (Å²) >= 11 is 0. The molecule has 0 aliphatic carbocycles. The molecule has 0 spiro atoms. The molecule has 4 nitrogen and oxygen atoms in total. The molecule has 1 aromatic heterocycles. The summed E-state index contributed by atoms with van der Waals surface area (Å²) in [6, 6.07) is 3.29. The molecule has 0 N–H and O–H groups in total. The summed E-state index contributed by atoms with van der Waals surface area (Å²) in [6.07, 6.45) is 6.20. The van der Waals surface area contributed by atoms with Crippen LogP contribution in [-0.4, -0.2) is 54.1 Å². The Bertz CT molecular complexity index is 414. The second-order valence-electron chi connectivity index (χ2n) is 5.95. The molecule has 1 aliphatic heterocycles. The van der Waals surface area contributed by atoms with Gasteiger partial charge in [-0.05, 0) is 52.9 Å². The third-order valence-electron chi connectivity index (χ3n) is 4.42. The molecule has 1 aromatic rings. The lowest BCUT2D eigenvalue weighted by Gasteiger charge is -2.38. The van der Waals surface area contributed by atoms with E-state index in [1.54, 1.807) is 13.3 Å². The van der Waals surface area contributed by atoms with Crippen LogP contribution in [0.1, 0.15) is 32.3 Å². The van der Waals surface area contributed by atoms with Crippen LogP contribution in [0.3, 0.4) is 0 Å². The van der Waals surface area contributed by atoms with E-state index in [4.69, 9.17) is 4.74 Å². The van der Waals surface area contributed by atoms with Crippen LogP contribution in [0.25, 0.3) is 0 Å². The largest absolute Gasteiger partial charge is 0.496 e. The standard InChI is InChI=1S/C16H27N3O/c1-13(2)18(3)15-6-9-19(10-7-15)12-14-11-17-8-5-16(14)20-4/h5,8,11,13,15H,6-7,9-10,12H2,1-4H3. The van der Waals surface area contributed by atoms with Crippen molar-refractivity contribution in [2.24, 2.45) is 0 Å². The third-order valence-corrected chi connectivity index (χ3v) is 4.42. The molecule has 20 heavy (non-hydrogen) atoms. The second kappa shape index (κ2) is 7.04. The summed E-state index contributed by atoms with van der Waals surface area (Å²) in [5.74, 6) is 0.946. The lowest BCUT2D eigenvalue weighted by Crippen LogP contribution is -2.45. The van der Waals surface area contributed by atoms with Gasteiger partial charge in [-0.1, -0.05) is 0 Å². The Balaban J connectivity index is 1.88. The Labute approximate surface area is 122 Å². The summed E-state index contributed by atoms with van der Waals surface area (Å²) in [6.45, 7) is 7.79. The molecule has 1 fully saturated rings. The summed E-state index contributed by atoms with van der Waals surface area (Å²) in [5, 5.41) is 0. The molecule has 0 bridgehead atoms. The topological polar surface area (TPSA) is 28.6 Å². The number of pyridine rings is 1. The highest BCUT2D eigenvalue weighted by Crippen LogP contribution is 2.22. The number of likely N-dealkylation sites (tertiary alicyclic amines) is 1. The van der Waals surface area contributed by atoms with Crippen molar-refractivity contribution in [3.8, 4) is 5.75 Å². The first kappa shape index (κ1) is 15.3. The van der Waals surface area contributed by atoms with Crippen molar-refractivity contribution >= 4 is 0 Å². The molecule has 0 amide bonds. The molecule has 112 valence electrons. The average Bonchev–Trinajstić information content (AvgIpc) is 2.48. The Morgan fingerprint density at radius 1 is 1.40 bits per heavy atom. The maximum Gasteiger partial charge on any atom is 0.126 e. The Morgan fingerprint density at radius 3 is 2.70 bits per heavy atom. The van der Waals surface area contributed by atoms with Crippen molar-refractivity contribution in [1.82, 2.24) is 14.8 Å². The zero-order valence-corrected chi connectivity index (χ0v) is 13.2. The summed E-state index contributed by atoms with van der Waals surface area (Å²) in [7, 11) is 3.97. The molecule has 1 saturated heterocycles. The Morgan fingerprint density at radius 2 is 2.10 bits per heavy atom. The number of nitrogens with zero attached hydrogens (tertiary/aromatic N) is 3. The van der Waals surface area contributed by atoms with E-state index in [2.05, 4.69) is 35.7 Å². The van der Waals surface area contributed by atoms with Gasteiger partial charge in [0.25, 0.3) is 0 Å². The highest BCUT2D eigenvalue weighted by molar-refractivity contribution is 5.29. The smallest absolute Gasteiger partial charge is 0.126 e. The minimum absolute atomic E-state index is 0.630. The molecule has 0 unspecified atom stereocenters. The van der Waals surface area contributed by atoms with Crippen molar-refractivity contribution in [2.45, 2.75) is 45.3 Å². The van der Waals surface area contributed by atoms with Gasteiger partial charge in [-0.25, -0.2) is 0 Å². The van der Waals surface area contributed by atoms with E-state index in [0.29, 0.717) is 6.04 Å². The van der Waals surface area contributed by atoms with Crippen LogP contribution in [0.15, 0.2) is 18.5 Å². The van der Waals surface area contributed by atoms with Crippen molar-refractivity contribution in [3.05, 3.63) is 24.0 Å². The molecule has 4 heteroatoms. The number of hydrogen-bond acceptors (Lipinski definition) is 4. The maximum atomic E-state index is 5.40. The van der Waals surface area contributed by atoms with Crippen molar-refractivity contribution in [1.29, 1.82) is 0 Å². The van der Waals surface area contributed by atoms with E-state index in [9.17, 15) is 0 Å². The normalized spacial score (nSPS) is 17.9. The van der Waals surface area contributed by atoms with E-state index in [-0.39, 0.29) is 0 Å². The van der Waals surface area contributed by atoms with Gasteiger partial charge in [-0.3, -0.25) is 9.88 Å². The second-order valence-corrected chi connectivity index (χ2v) is 5.95. The minimum atomic E-state index is 0.630. The van der Waals surface area contributed by atoms with Gasteiger partial charge in [0.2, 0.25) is 0 Å². The number of hydrogen-bond donors (Lipinski definition) is 0. The van der Waals surface area contributed by atoms with Crippen molar-refractivity contribution in [3.63, 3.8) is 0 Å². The SMILES string of the molecule is COc1ccncc1CN1CCC(N(C)C(C)C)CC1. The predicted molar refractivity (Wildman–Crippen MR) is 82.0 cm³/mol. The van der Waals surface area contributed by atoms with Crippen LogP contribution in [0, 0.1) is 0 Å². The van der Waals surface area contributed by atoms with E-state index >= 15 is 0 Å². The van der Waals surface area contributed by atoms with Gasteiger partial charge in [-0.15, -0.1) is 0 Å². The van der Waals surface area contributed by atoms with E-state index < -0.39 is 0 Å². The molecule has 0 radical (unpaired) electrons. The van der Waals surface area contributed by atoms with Gasteiger partial charge in [0.05, 0.1) is 7.11 Å². The number of piperidine rings is 1. The lowest BCUT2D eigenvalue weighted by atomic mass is 10.0. The number of ether oxygens (including phenoxy) is 1. The first-order chi connectivity index (χ1) is 9.61. The van der Waals surface area contributed by atoms with Crippen LogP contribution >= 0.6 is 0 Å². The monoisotopic (exact) mass is 277 g/mol. The fraction of sp³-hybridized carbons (Fsp3) is 0.688. The van der Waals surface area contributed by atoms with Crippen LogP contribution in [0.4, 0.5) is 0 Å². The van der Waals surface area contributed by atoms with E-state index in [0.717, 1.165) is 31.4 Å². The molecule has 2 rings (SSSR count). The zero-order chi connectivity index (χ0) is 14.5. The van der Waals surface area contributed by atoms with Crippen LogP contribution in [0.2, 0.25) is 0 Å². The van der Waals surface area contributed by atoms with E-state index in [1.165, 1.54) is 18.4 Å². The highest BCUT2D eigenvalue weighted by Gasteiger charge is 2.24. The van der Waals surface area contributed by atoms with Crippen LogP contribution in [0.5, 0.6) is 5.75 Å². The maximum absolute atomic E-state index is 5.40. The van der Waals surface area contributed by atoms with Gasteiger partial charge in [0, 0.05) is 36.6 Å². The van der Waals surface area contributed by atoms with Crippen molar-refractivity contribution in [2.75, 3.05) is 27.2 Å². The summed E-state index contributed by atoms with van der Waals surface area (Å²) in [4.78, 5) is 9.22. The summed E-state index contributed by atoms with van der Waals surface area (Å²) < 4.78 is 5.40. The average molecular weight is 277 g/mol. The molecular weight excluding hydrogens is 250 g/mol. The fourth-order valence-electron chi connectivity index (χ4n) is 2.88. The molecular formula is C16H27N3O. The summed E-state index contributed by atoms with van der Waals surface area (Å²) in [5.41, 5.74) is 1.19. The Hall–Kier alpha value is -1.13. The molecule has 0 saturated carbocycles. The van der Waals surface area contributed by atoms with Gasteiger partial charge in [-0.2, -0.15) is 0 Å². The van der Waals surface area contributed by atoms with Crippen LogP contribution in [-0.2, 0) is 6.54 Å². The zero-order valence-electron chi connectivity index (χ0n) is 13.2. The van der Waals surface area contributed by atoms with Gasteiger partial charge >= 0.3 is 0 Å². The first-order valence-corrected chi connectivity index (χ1v) is 7.53. The Kier molecular flexibility index (Phi) is 5.38. The number of rotatable bonds is 5. The lowest BCUT2D eigenvalue weighted by molar-refractivity contribution is 0.103. The molecule has 0 atom stereocenters. The van der Waals surface area contributed by atoms with Gasteiger partial charge in [0.1, 0.15) is 5.75 Å². The minimum Gasteiger partial charge on any atom is -0.496 e. The van der Waals surface area contributed by atoms with Crippen molar-refractivity contribution < 1.29 is 4.74 Å². The predicted octanol–water partition coefficient (Wildman–Crippen LogP) is 2.39. The molecule has 1 aliphatic rings. The van der Waals surface area contributed by atoms with Gasteiger partial charge < -0.3 is 9.64 Å². The van der Waals surface area contributed by atoms with E-state index in [1.807, 2.05) is 12.3 Å². The van der Waals surface area contributed by atoms with Gasteiger partial charge in [0.15, 0.2) is 0 Å². The highest BCUT2D eigenvalue weighted by atomic mass is 16.5. The number of methoxy groups -OCH3 is 1. The third kappa shape index (κ3) is 3.70. The quantitative estimate of drug-likeness (QED) is 0.826. The fourth-order valence-corrected chi connectivity index (χ4v) is 2.88. The molecule has 0 aromatic carbocycles. The van der Waals surface area contributed by atoms with Crippen LogP contribution < -0.4 is 4.74 Å². The first-order valence-electron chi connectivity index (χ1n) is 7.53.